The maximum atomic E-state index is 13.0. The molecule has 1 aliphatic rings. The first-order valence-electron chi connectivity index (χ1n) is 7.11. The highest BCUT2D eigenvalue weighted by atomic mass is 32.2. The molecule has 0 bridgehead atoms. The number of carbonyl (C=O) groups excluding carboxylic acids is 2. The van der Waals surface area contributed by atoms with Gasteiger partial charge in [-0.05, 0) is 29.3 Å². The topological polar surface area (TPSA) is 46.6 Å². The Labute approximate surface area is 142 Å². The van der Waals surface area contributed by atoms with Crippen LogP contribution in [0.15, 0.2) is 46.7 Å². The highest BCUT2D eigenvalue weighted by Gasteiger charge is 2.41. The number of anilines is 1. The summed E-state index contributed by atoms with van der Waals surface area (Å²) >= 11 is 2.86. The summed E-state index contributed by atoms with van der Waals surface area (Å²) in [4.78, 5) is 28.3. The van der Waals surface area contributed by atoms with Crippen molar-refractivity contribution in [2.75, 3.05) is 17.8 Å². The number of hydrogen-bond acceptors (Lipinski definition) is 5. The molecule has 0 radical (unpaired) electrons. The summed E-state index contributed by atoms with van der Waals surface area (Å²) in [6.07, 6.45) is 0. The van der Waals surface area contributed by atoms with Crippen molar-refractivity contribution in [1.82, 2.24) is 0 Å². The van der Waals surface area contributed by atoms with E-state index in [4.69, 9.17) is 4.74 Å². The third kappa shape index (κ3) is 2.68. The van der Waals surface area contributed by atoms with Gasteiger partial charge in [0.15, 0.2) is 0 Å². The highest BCUT2D eigenvalue weighted by Crippen LogP contribution is 2.41. The molecule has 0 spiro atoms. The molecule has 0 atom stereocenters. The van der Waals surface area contributed by atoms with Gasteiger partial charge in [-0.2, -0.15) is 0 Å². The van der Waals surface area contributed by atoms with E-state index in [9.17, 15) is 9.59 Å². The third-order valence-corrected chi connectivity index (χ3v) is 5.27. The lowest BCUT2D eigenvalue weighted by Gasteiger charge is -2.17. The Morgan fingerprint density at radius 2 is 1.91 bits per heavy atom. The molecule has 0 saturated heterocycles. The van der Waals surface area contributed by atoms with Gasteiger partial charge in [-0.25, -0.2) is 4.90 Å². The number of hydrogen-bond donors (Lipinski definition) is 0. The summed E-state index contributed by atoms with van der Waals surface area (Å²) in [6.45, 7) is 1.97. The minimum absolute atomic E-state index is 0.283. The van der Waals surface area contributed by atoms with Gasteiger partial charge in [0.25, 0.3) is 11.8 Å². The van der Waals surface area contributed by atoms with Gasteiger partial charge < -0.3 is 4.74 Å². The number of nitrogens with zero attached hydrogens (tertiary/aromatic N) is 1. The van der Waals surface area contributed by atoms with Gasteiger partial charge in [-0.1, -0.05) is 25.1 Å². The molecule has 3 rings (SSSR count). The summed E-state index contributed by atoms with van der Waals surface area (Å²) in [6, 6.07) is 10.8. The van der Waals surface area contributed by atoms with E-state index in [0.717, 1.165) is 10.6 Å². The molecule has 1 aliphatic heterocycles. The predicted octanol–water partition coefficient (Wildman–Crippen LogP) is 3.79. The molecule has 6 heteroatoms. The Kier molecular flexibility index (Phi) is 4.54. The lowest BCUT2D eigenvalue weighted by Crippen LogP contribution is -2.31. The van der Waals surface area contributed by atoms with Gasteiger partial charge in [0.1, 0.15) is 5.75 Å². The summed E-state index contributed by atoms with van der Waals surface area (Å²) in [5, 5.41) is 1.90. The zero-order valence-electron chi connectivity index (χ0n) is 12.7. The smallest absolute Gasteiger partial charge is 0.272 e. The van der Waals surface area contributed by atoms with Crippen LogP contribution < -0.4 is 9.64 Å². The van der Waals surface area contributed by atoms with Crippen molar-refractivity contribution in [3.63, 3.8) is 0 Å². The molecule has 2 heterocycles. The minimum atomic E-state index is -0.294. The summed E-state index contributed by atoms with van der Waals surface area (Å²) in [7, 11) is 1.53. The van der Waals surface area contributed by atoms with Gasteiger partial charge in [-0.3, -0.25) is 9.59 Å². The van der Waals surface area contributed by atoms with E-state index in [0.29, 0.717) is 21.9 Å². The number of thioether (sulfide) groups is 1. The van der Waals surface area contributed by atoms with Crippen LogP contribution in [-0.2, 0) is 9.59 Å². The van der Waals surface area contributed by atoms with Crippen LogP contribution in [0.1, 0.15) is 11.8 Å². The first-order chi connectivity index (χ1) is 11.2. The molecule has 4 nitrogen and oxygen atoms in total. The molecule has 0 aliphatic carbocycles. The molecule has 2 amide bonds. The summed E-state index contributed by atoms with van der Waals surface area (Å²) in [5.74, 6) is 0.651. The van der Waals surface area contributed by atoms with Gasteiger partial charge in [0.2, 0.25) is 0 Å². The van der Waals surface area contributed by atoms with Crippen molar-refractivity contribution in [1.29, 1.82) is 0 Å². The van der Waals surface area contributed by atoms with Crippen LogP contribution >= 0.6 is 23.1 Å². The number of imide groups is 1. The number of thiophene rings is 1. The quantitative estimate of drug-likeness (QED) is 0.774. The molecular formula is C17H15NO3S2. The Morgan fingerprint density at radius 3 is 2.57 bits per heavy atom. The van der Waals surface area contributed by atoms with E-state index in [1.165, 1.54) is 35.1 Å². The fourth-order valence-electron chi connectivity index (χ4n) is 2.46. The van der Waals surface area contributed by atoms with Crippen LogP contribution in [0.2, 0.25) is 0 Å². The van der Waals surface area contributed by atoms with Gasteiger partial charge in [0, 0.05) is 4.88 Å². The van der Waals surface area contributed by atoms with Crippen LogP contribution in [0.25, 0.3) is 5.57 Å². The summed E-state index contributed by atoms with van der Waals surface area (Å²) < 4.78 is 5.31. The van der Waals surface area contributed by atoms with Gasteiger partial charge in [0.05, 0.1) is 23.3 Å². The maximum absolute atomic E-state index is 13.0. The number of benzene rings is 1. The van der Waals surface area contributed by atoms with E-state index in [2.05, 4.69) is 0 Å². The third-order valence-electron chi connectivity index (χ3n) is 3.42. The van der Waals surface area contributed by atoms with Gasteiger partial charge in [-0.15, -0.1) is 23.1 Å². The Balaban J connectivity index is 2.11. The average Bonchev–Trinajstić information content (AvgIpc) is 3.16. The van der Waals surface area contributed by atoms with E-state index in [1.807, 2.05) is 30.5 Å². The molecule has 0 N–H and O–H groups in total. The van der Waals surface area contributed by atoms with E-state index >= 15 is 0 Å². The van der Waals surface area contributed by atoms with Crippen molar-refractivity contribution in [3.8, 4) is 5.75 Å². The van der Waals surface area contributed by atoms with Crippen molar-refractivity contribution < 1.29 is 14.3 Å². The standard InChI is InChI=1S/C17H15NO3S2/c1-3-22-15-14(13-9-6-10-23-13)16(19)18(17(15)20)11-7-4-5-8-12(11)21-2/h4-10H,3H2,1-2H3. The zero-order chi connectivity index (χ0) is 16.4. The number of methoxy groups -OCH3 is 1. The van der Waals surface area contributed by atoms with Crippen molar-refractivity contribution in [2.24, 2.45) is 0 Å². The molecule has 0 saturated carbocycles. The van der Waals surface area contributed by atoms with Crippen LogP contribution in [-0.4, -0.2) is 24.7 Å². The Hall–Kier alpha value is -2.05. The lowest BCUT2D eigenvalue weighted by atomic mass is 10.2. The molecule has 1 aromatic carbocycles. The van der Waals surface area contributed by atoms with E-state index < -0.39 is 0 Å². The van der Waals surface area contributed by atoms with Crippen LogP contribution in [0.4, 0.5) is 5.69 Å². The average molecular weight is 345 g/mol. The molecule has 2 aromatic rings. The largest absolute Gasteiger partial charge is 0.495 e. The lowest BCUT2D eigenvalue weighted by molar-refractivity contribution is -0.119. The normalized spacial score (nSPS) is 14.8. The molecule has 1 aromatic heterocycles. The van der Waals surface area contributed by atoms with Crippen molar-refractivity contribution in [3.05, 3.63) is 51.6 Å². The molecule has 118 valence electrons. The molecule has 23 heavy (non-hydrogen) atoms. The number of ether oxygens (including phenoxy) is 1. The molecular weight excluding hydrogens is 330 g/mol. The molecule has 0 unspecified atom stereocenters. The fraction of sp³-hybridized carbons (Fsp3) is 0.176. The number of carbonyl (C=O) groups is 2. The minimum Gasteiger partial charge on any atom is -0.495 e. The highest BCUT2D eigenvalue weighted by molar-refractivity contribution is 8.04. The molecule has 0 fully saturated rings. The van der Waals surface area contributed by atoms with E-state index in [-0.39, 0.29) is 11.8 Å². The first-order valence-corrected chi connectivity index (χ1v) is 8.98. The second-order valence-corrected chi connectivity index (χ2v) is 6.95. The van der Waals surface area contributed by atoms with Gasteiger partial charge >= 0.3 is 0 Å². The van der Waals surface area contributed by atoms with Crippen LogP contribution in [0.3, 0.4) is 0 Å². The SMILES string of the molecule is CCSC1=C(c2cccs2)C(=O)N(c2ccccc2OC)C1=O. The predicted molar refractivity (Wildman–Crippen MR) is 94.9 cm³/mol. The van der Waals surface area contributed by atoms with E-state index in [1.54, 1.807) is 18.2 Å². The second-order valence-electron chi connectivity index (χ2n) is 4.73. The van der Waals surface area contributed by atoms with Crippen LogP contribution in [0.5, 0.6) is 5.75 Å². The van der Waals surface area contributed by atoms with Crippen LogP contribution in [0, 0.1) is 0 Å². The Bertz CT molecular complexity index is 781. The number of rotatable bonds is 5. The number of para-hydroxylation sites is 2. The second kappa shape index (κ2) is 6.60. The fourth-order valence-corrected chi connectivity index (χ4v) is 4.14. The zero-order valence-corrected chi connectivity index (χ0v) is 14.4. The van der Waals surface area contributed by atoms with Crippen molar-refractivity contribution >= 4 is 46.2 Å². The first kappa shape index (κ1) is 15.8. The summed E-state index contributed by atoms with van der Waals surface area (Å²) in [5.41, 5.74) is 0.966. The number of amides is 2. The monoisotopic (exact) mass is 345 g/mol. The van der Waals surface area contributed by atoms with Crippen molar-refractivity contribution in [2.45, 2.75) is 6.92 Å². The Morgan fingerprint density at radius 1 is 1.13 bits per heavy atom. The maximum Gasteiger partial charge on any atom is 0.272 e.